The zero-order valence-corrected chi connectivity index (χ0v) is 31.7. The normalized spacial score (nSPS) is 49.0. The molecule has 5 aliphatic carbocycles. The van der Waals surface area contributed by atoms with Gasteiger partial charge in [-0.2, -0.15) is 0 Å². The van der Waals surface area contributed by atoms with Crippen molar-refractivity contribution in [1.29, 1.82) is 0 Å². The lowest BCUT2D eigenvalue weighted by molar-refractivity contribution is -0.302. The van der Waals surface area contributed by atoms with E-state index in [1.165, 1.54) is 27.9 Å². The first-order chi connectivity index (χ1) is 23.2. The number of nitrogens with zero attached hydrogens (tertiary/aromatic N) is 1. The largest absolute Gasteiger partial charge is 0.468 e. The number of rotatable bonds is 6. The molecule has 0 unspecified atom stereocenters. The molecule has 0 radical (unpaired) electrons. The highest BCUT2D eigenvalue weighted by Gasteiger charge is 2.85. The summed E-state index contributed by atoms with van der Waals surface area (Å²) in [5.74, 6) is -2.45. The van der Waals surface area contributed by atoms with Gasteiger partial charge in [-0.1, -0.05) is 41.5 Å². The highest BCUT2D eigenvalue weighted by molar-refractivity contribution is 5.91. The number of hydrogen-bond acceptors (Lipinski definition) is 9. The van der Waals surface area contributed by atoms with Crippen molar-refractivity contribution < 1.29 is 47.3 Å². The molecule has 6 fully saturated rings. The van der Waals surface area contributed by atoms with Crippen molar-refractivity contribution in [3.63, 3.8) is 0 Å². The fourth-order valence-corrected chi connectivity index (χ4v) is 14.1. The van der Waals surface area contributed by atoms with E-state index in [4.69, 9.17) is 18.9 Å². The van der Waals surface area contributed by atoms with Gasteiger partial charge in [0.25, 0.3) is 0 Å². The van der Waals surface area contributed by atoms with Crippen molar-refractivity contribution in [1.82, 2.24) is 4.90 Å². The SMILES string of the molecule is COC(=O)CN1C(=O)[C@]23CC[C@@H](C)[C@H](C)[C@H]2[C@]12[C@H](F)C[C@@H]1[C@@]4(C)C[C@@H](OC(C)=O)[C@H](OC(C)=O)[C@@](C)(COC(C)=O)[C@@H]4CC[C@@]1(C)[C@]2(C)CC3. The molecule has 1 aliphatic heterocycles. The zero-order valence-electron chi connectivity index (χ0n) is 31.7. The number of amides is 1. The van der Waals surface area contributed by atoms with Crippen LogP contribution in [0.15, 0.2) is 0 Å². The summed E-state index contributed by atoms with van der Waals surface area (Å²) in [6.07, 6.45) is 1.59. The maximum Gasteiger partial charge on any atom is 0.325 e. The Kier molecular flexibility index (Phi) is 8.82. The lowest BCUT2D eigenvalue weighted by Crippen LogP contribution is -2.79. The summed E-state index contributed by atoms with van der Waals surface area (Å²) in [4.78, 5) is 67.0. The number of carbonyl (C=O) groups excluding carboxylic acids is 5. The molecule has 11 heteroatoms. The number of methoxy groups -OCH3 is 1. The molecule has 1 heterocycles. The monoisotopic (exact) mass is 703 g/mol. The van der Waals surface area contributed by atoms with Crippen LogP contribution in [0.3, 0.4) is 0 Å². The maximum atomic E-state index is 18.4. The molecule has 0 aromatic heterocycles. The Labute approximate surface area is 296 Å². The van der Waals surface area contributed by atoms with Gasteiger partial charge in [-0.25, -0.2) is 4.39 Å². The minimum Gasteiger partial charge on any atom is -0.468 e. The number of carbonyl (C=O) groups is 5. The fraction of sp³-hybridized carbons (Fsp3) is 0.872. The van der Waals surface area contributed by atoms with Crippen LogP contribution in [0, 0.1) is 56.7 Å². The van der Waals surface area contributed by atoms with Crippen molar-refractivity contribution in [2.75, 3.05) is 20.3 Å². The van der Waals surface area contributed by atoms with Gasteiger partial charge in [-0.05, 0) is 91.3 Å². The summed E-state index contributed by atoms with van der Waals surface area (Å²) in [7, 11) is 1.31. The Morgan fingerprint density at radius 2 is 1.54 bits per heavy atom. The molecule has 1 spiro atoms. The van der Waals surface area contributed by atoms with Gasteiger partial charge in [0.2, 0.25) is 5.91 Å². The number of likely N-dealkylation sites (tertiary alicyclic amines) is 1. The van der Waals surface area contributed by atoms with Crippen LogP contribution in [0.4, 0.5) is 4.39 Å². The molecule has 2 bridgehead atoms. The number of fused-ring (bicyclic) bond motifs is 4. The van der Waals surface area contributed by atoms with Crippen LogP contribution in [-0.4, -0.2) is 78.9 Å². The van der Waals surface area contributed by atoms with Crippen LogP contribution in [0.2, 0.25) is 0 Å². The number of halogens is 1. The van der Waals surface area contributed by atoms with Crippen molar-refractivity contribution >= 4 is 29.8 Å². The molecule has 0 aromatic carbocycles. The second-order valence-electron chi connectivity index (χ2n) is 18.1. The third kappa shape index (κ3) is 4.58. The Hall–Kier alpha value is -2.72. The van der Waals surface area contributed by atoms with Crippen LogP contribution >= 0.6 is 0 Å². The summed E-state index contributed by atoms with van der Waals surface area (Å²) < 4.78 is 41.2. The van der Waals surface area contributed by atoms with E-state index in [1.807, 2.05) is 6.92 Å². The fourth-order valence-electron chi connectivity index (χ4n) is 14.1. The van der Waals surface area contributed by atoms with E-state index in [9.17, 15) is 24.0 Å². The number of hydrogen-bond donors (Lipinski definition) is 0. The maximum absolute atomic E-state index is 18.4. The average Bonchev–Trinajstić information content (AvgIpc) is 3.20. The Balaban J connectivity index is 1.53. The summed E-state index contributed by atoms with van der Waals surface area (Å²) in [6.45, 7) is 16.6. The molecule has 50 heavy (non-hydrogen) atoms. The molecule has 5 saturated carbocycles. The van der Waals surface area contributed by atoms with Gasteiger partial charge >= 0.3 is 23.9 Å². The average molecular weight is 704 g/mol. The van der Waals surface area contributed by atoms with E-state index >= 15 is 4.39 Å². The molecule has 14 atom stereocenters. The highest BCUT2D eigenvalue weighted by atomic mass is 19.1. The number of alkyl halides is 1. The van der Waals surface area contributed by atoms with E-state index in [0.29, 0.717) is 44.4 Å². The molecule has 1 saturated heterocycles. The zero-order chi connectivity index (χ0) is 37.0. The summed E-state index contributed by atoms with van der Waals surface area (Å²) in [5.41, 5.74) is -4.70. The molecule has 6 rings (SSSR count). The van der Waals surface area contributed by atoms with Crippen LogP contribution in [0.5, 0.6) is 0 Å². The highest BCUT2D eigenvalue weighted by Crippen LogP contribution is 2.81. The summed E-state index contributed by atoms with van der Waals surface area (Å²) in [5, 5.41) is 0. The van der Waals surface area contributed by atoms with Crippen molar-refractivity contribution in [3.8, 4) is 0 Å². The number of esters is 4. The lowest BCUT2D eigenvalue weighted by atomic mass is 9.29. The van der Waals surface area contributed by atoms with Crippen molar-refractivity contribution in [2.45, 2.75) is 138 Å². The molecule has 1 amide bonds. The topological polar surface area (TPSA) is 126 Å². The second-order valence-corrected chi connectivity index (χ2v) is 18.1. The van der Waals surface area contributed by atoms with Gasteiger partial charge in [-0.3, -0.25) is 24.0 Å². The molecular formula is C39H58FNO9. The molecule has 0 aromatic rings. The van der Waals surface area contributed by atoms with E-state index in [2.05, 4.69) is 34.6 Å². The van der Waals surface area contributed by atoms with Crippen LogP contribution < -0.4 is 0 Å². The van der Waals surface area contributed by atoms with Crippen molar-refractivity contribution in [2.24, 2.45) is 56.7 Å². The van der Waals surface area contributed by atoms with E-state index < -0.39 is 74.9 Å². The van der Waals surface area contributed by atoms with E-state index in [-0.39, 0.29) is 49.2 Å². The van der Waals surface area contributed by atoms with Gasteiger partial charge in [0.05, 0.1) is 18.1 Å². The summed E-state index contributed by atoms with van der Waals surface area (Å²) in [6, 6.07) is 0. The molecule has 280 valence electrons. The Bertz CT molecular complexity index is 1470. The first-order valence-corrected chi connectivity index (χ1v) is 18.7. The standard InChI is InChI=1S/C39H58FNO9/c1-21-11-14-38-16-15-37(9)36(8)13-12-27-34(6,18-26(49-24(4)43)32(50-25(5)44)35(27,7)20-48-23(3)42)28(36)17-29(40)39(37,31(38)22(21)2)41(33(38)46)19-30(45)47-10/h21-22,26-29,31-32H,11-20H2,1-10H3/t21-,22+,26-,27-,28-,29-,31-,32+,34+,35+,36-,37+,38+,39+/m1/s1. The van der Waals surface area contributed by atoms with Crippen molar-refractivity contribution in [3.05, 3.63) is 0 Å². The number of ether oxygens (including phenoxy) is 4. The van der Waals surface area contributed by atoms with Gasteiger partial charge in [0, 0.05) is 32.1 Å². The third-order valence-corrected chi connectivity index (χ3v) is 16.2. The smallest absolute Gasteiger partial charge is 0.325 e. The molecule has 0 N–H and O–H groups in total. The van der Waals surface area contributed by atoms with Crippen LogP contribution in [-0.2, 0) is 42.9 Å². The van der Waals surface area contributed by atoms with Crippen LogP contribution in [0.1, 0.15) is 114 Å². The van der Waals surface area contributed by atoms with Gasteiger partial charge in [-0.15, -0.1) is 0 Å². The predicted octanol–water partition coefficient (Wildman–Crippen LogP) is 5.83. The van der Waals surface area contributed by atoms with Gasteiger partial charge in [0.1, 0.15) is 31.5 Å². The second kappa shape index (κ2) is 11.9. The first-order valence-electron chi connectivity index (χ1n) is 18.7. The Morgan fingerprint density at radius 1 is 0.880 bits per heavy atom. The lowest BCUT2D eigenvalue weighted by Gasteiger charge is -2.76. The van der Waals surface area contributed by atoms with Crippen LogP contribution in [0.25, 0.3) is 0 Å². The van der Waals surface area contributed by atoms with E-state index in [1.54, 1.807) is 4.90 Å². The quantitative estimate of drug-likeness (QED) is 0.248. The first kappa shape index (κ1) is 37.1. The van der Waals surface area contributed by atoms with Gasteiger partial charge < -0.3 is 23.8 Å². The minimum absolute atomic E-state index is 0.0522. The van der Waals surface area contributed by atoms with E-state index in [0.717, 1.165) is 6.42 Å². The minimum atomic E-state index is -1.44. The molecule has 6 aliphatic rings. The summed E-state index contributed by atoms with van der Waals surface area (Å²) >= 11 is 0. The molecular weight excluding hydrogens is 645 g/mol. The predicted molar refractivity (Wildman–Crippen MR) is 180 cm³/mol. The van der Waals surface area contributed by atoms with Gasteiger partial charge in [0.15, 0.2) is 0 Å². The third-order valence-electron chi connectivity index (χ3n) is 16.2. The molecule has 10 nitrogen and oxygen atoms in total. The Morgan fingerprint density at radius 3 is 2.14 bits per heavy atom.